The third-order valence-electron chi connectivity index (χ3n) is 3.73. The number of carbonyl (C=O) groups is 1. The van der Waals surface area contributed by atoms with Crippen molar-refractivity contribution in [3.05, 3.63) is 0 Å². The van der Waals surface area contributed by atoms with Gasteiger partial charge in [-0.3, -0.25) is 4.79 Å². The maximum atomic E-state index is 12.1. The van der Waals surface area contributed by atoms with Gasteiger partial charge in [0, 0.05) is 11.8 Å². The number of Topliss-reactive ketones (excluding diaryl/α,β-unsaturated/α-hetero) is 1. The van der Waals surface area contributed by atoms with Crippen LogP contribution >= 0.6 is 0 Å². The summed E-state index contributed by atoms with van der Waals surface area (Å²) in [7, 11) is 0. The molecule has 1 heteroatoms. The molecule has 1 fully saturated rings. The fourth-order valence-corrected chi connectivity index (χ4v) is 2.63. The van der Waals surface area contributed by atoms with Crippen molar-refractivity contribution in [3.8, 4) is 0 Å². The molecule has 0 aromatic carbocycles. The molecular weight excluding hydrogens is 184 g/mol. The third kappa shape index (κ3) is 4.36. The molecule has 1 saturated carbocycles. The Kier molecular flexibility index (Phi) is 5.97. The fraction of sp³-hybridized carbons (Fsp3) is 0.929. The first-order chi connectivity index (χ1) is 7.25. The van der Waals surface area contributed by atoms with E-state index in [2.05, 4.69) is 13.8 Å². The van der Waals surface area contributed by atoms with E-state index >= 15 is 0 Å². The van der Waals surface area contributed by atoms with Crippen molar-refractivity contribution in [2.75, 3.05) is 0 Å². The molecule has 1 atom stereocenters. The first-order valence-electron chi connectivity index (χ1n) is 6.79. The molecule has 1 aliphatic carbocycles. The Morgan fingerprint density at radius 1 is 1.20 bits per heavy atom. The topological polar surface area (TPSA) is 17.1 Å². The van der Waals surface area contributed by atoms with Gasteiger partial charge >= 0.3 is 0 Å². The van der Waals surface area contributed by atoms with Gasteiger partial charge in [-0.05, 0) is 19.3 Å². The summed E-state index contributed by atoms with van der Waals surface area (Å²) >= 11 is 0. The first-order valence-corrected chi connectivity index (χ1v) is 6.79. The highest BCUT2D eigenvalue weighted by Gasteiger charge is 2.24. The van der Waals surface area contributed by atoms with E-state index < -0.39 is 0 Å². The van der Waals surface area contributed by atoms with Crippen LogP contribution in [0.3, 0.4) is 0 Å². The van der Waals surface area contributed by atoms with Gasteiger partial charge in [-0.15, -0.1) is 0 Å². The van der Waals surface area contributed by atoms with Gasteiger partial charge in [0.2, 0.25) is 0 Å². The first kappa shape index (κ1) is 12.7. The van der Waals surface area contributed by atoms with Gasteiger partial charge in [-0.1, -0.05) is 52.4 Å². The van der Waals surface area contributed by atoms with Crippen molar-refractivity contribution in [3.63, 3.8) is 0 Å². The quantitative estimate of drug-likeness (QED) is 0.596. The zero-order valence-corrected chi connectivity index (χ0v) is 10.4. The maximum Gasteiger partial charge on any atom is 0.138 e. The van der Waals surface area contributed by atoms with Gasteiger partial charge in [0.1, 0.15) is 5.78 Å². The highest BCUT2D eigenvalue weighted by molar-refractivity contribution is 5.83. The number of unbranched alkanes of at least 4 members (excludes halogenated alkanes) is 2. The number of ketones is 1. The summed E-state index contributed by atoms with van der Waals surface area (Å²) in [5.41, 5.74) is 0. The Balaban J connectivity index is 2.24. The van der Waals surface area contributed by atoms with Gasteiger partial charge in [-0.2, -0.15) is 0 Å². The zero-order chi connectivity index (χ0) is 11.1. The van der Waals surface area contributed by atoms with Crippen LogP contribution in [0.1, 0.15) is 71.6 Å². The zero-order valence-electron chi connectivity index (χ0n) is 10.4. The summed E-state index contributed by atoms with van der Waals surface area (Å²) in [6.45, 7) is 4.35. The Morgan fingerprint density at radius 3 is 2.47 bits per heavy atom. The van der Waals surface area contributed by atoms with Crippen molar-refractivity contribution in [2.24, 2.45) is 11.8 Å². The second-order valence-corrected chi connectivity index (χ2v) is 5.13. The van der Waals surface area contributed by atoms with Crippen LogP contribution in [0.15, 0.2) is 0 Å². The van der Waals surface area contributed by atoms with Gasteiger partial charge < -0.3 is 0 Å². The van der Waals surface area contributed by atoms with Crippen molar-refractivity contribution in [2.45, 2.75) is 71.6 Å². The van der Waals surface area contributed by atoms with E-state index in [0.717, 1.165) is 19.3 Å². The van der Waals surface area contributed by atoms with Crippen LogP contribution in [0.5, 0.6) is 0 Å². The Bertz CT molecular complexity index is 180. The van der Waals surface area contributed by atoms with Crippen LogP contribution < -0.4 is 0 Å². The Morgan fingerprint density at radius 2 is 1.87 bits per heavy atom. The summed E-state index contributed by atoms with van der Waals surface area (Å²) in [4.78, 5) is 12.1. The summed E-state index contributed by atoms with van der Waals surface area (Å²) in [6, 6.07) is 0. The van der Waals surface area contributed by atoms with Crippen LogP contribution in [0.25, 0.3) is 0 Å². The van der Waals surface area contributed by atoms with Crippen LogP contribution in [0, 0.1) is 11.8 Å². The van der Waals surface area contributed by atoms with E-state index in [0.29, 0.717) is 17.6 Å². The largest absolute Gasteiger partial charge is 0.299 e. The van der Waals surface area contributed by atoms with Gasteiger partial charge in [0.15, 0.2) is 0 Å². The number of hydrogen-bond donors (Lipinski definition) is 0. The minimum Gasteiger partial charge on any atom is -0.299 e. The molecule has 0 radical (unpaired) electrons. The highest BCUT2D eigenvalue weighted by Crippen LogP contribution is 2.28. The molecule has 15 heavy (non-hydrogen) atoms. The van der Waals surface area contributed by atoms with Crippen molar-refractivity contribution in [1.29, 1.82) is 0 Å². The smallest absolute Gasteiger partial charge is 0.138 e. The van der Waals surface area contributed by atoms with Gasteiger partial charge in [-0.25, -0.2) is 0 Å². The lowest BCUT2D eigenvalue weighted by molar-refractivity contribution is -0.127. The number of rotatable bonds is 6. The van der Waals surface area contributed by atoms with Gasteiger partial charge in [0.05, 0.1) is 0 Å². The number of carbonyl (C=O) groups excluding carboxylic acids is 1. The van der Waals surface area contributed by atoms with E-state index in [1.165, 1.54) is 38.5 Å². The molecule has 0 N–H and O–H groups in total. The second kappa shape index (κ2) is 7.03. The Hall–Kier alpha value is -0.330. The molecule has 88 valence electrons. The van der Waals surface area contributed by atoms with Crippen molar-refractivity contribution in [1.82, 2.24) is 0 Å². The normalized spacial score (nSPS) is 20.1. The van der Waals surface area contributed by atoms with Gasteiger partial charge in [0.25, 0.3) is 0 Å². The molecule has 0 amide bonds. The summed E-state index contributed by atoms with van der Waals surface area (Å²) < 4.78 is 0. The number of hydrogen-bond acceptors (Lipinski definition) is 1. The molecule has 0 heterocycles. The summed E-state index contributed by atoms with van der Waals surface area (Å²) in [5.74, 6) is 1.29. The SMILES string of the molecule is CCCCCC(C)C(=O)C1CCCCC1. The average Bonchev–Trinajstić information content (AvgIpc) is 2.29. The molecule has 0 aromatic rings. The fourth-order valence-electron chi connectivity index (χ4n) is 2.63. The molecule has 1 nitrogen and oxygen atoms in total. The minimum atomic E-state index is 0.319. The van der Waals surface area contributed by atoms with Crippen LogP contribution in [-0.4, -0.2) is 5.78 Å². The minimum absolute atomic E-state index is 0.319. The monoisotopic (exact) mass is 210 g/mol. The van der Waals surface area contributed by atoms with E-state index in [9.17, 15) is 4.79 Å². The predicted molar refractivity (Wildman–Crippen MR) is 64.9 cm³/mol. The summed E-state index contributed by atoms with van der Waals surface area (Å²) in [6.07, 6.45) is 11.1. The maximum absolute atomic E-state index is 12.1. The highest BCUT2D eigenvalue weighted by atomic mass is 16.1. The predicted octanol–water partition coefficient (Wildman–Crippen LogP) is 4.35. The van der Waals surface area contributed by atoms with Crippen molar-refractivity contribution >= 4 is 5.78 Å². The molecule has 1 rings (SSSR count). The lowest BCUT2D eigenvalue weighted by Crippen LogP contribution is -2.23. The van der Waals surface area contributed by atoms with E-state index in [1.54, 1.807) is 0 Å². The van der Waals surface area contributed by atoms with Crippen LogP contribution in [-0.2, 0) is 4.79 Å². The molecule has 0 bridgehead atoms. The van der Waals surface area contributed by atoms with Crippen LogP contribution in [0.2, 0.25) is 0 Å². The second-order valence-electron chi connectivity index (χ2n) is 5.13. The molecule has 0 aliphatic heterocycles. The summed E-state index contributed by atoms with van der Waals surface area (Å²) in [5, 5.41) is 0. The molecule has 0 saturated heterocycles. The van der Waals surface area contributed by atoms with E-state index in [-0.39, 0.29) is 0 Å². The standard InChI is InChI=1S/C14H26O/c1-3-4-6-9-12(2)14(15)13-10-7-5-8-11-13/h12-13H,3-11H2,1-2H3. The lowest BCUT2D eigenvalue weighted by atomic mass is 9.81. The molecular formula is C14H26O. The van der Waals surface area contributed by atoms with E-state index in [4.69, 9.17) is 0 Å². The molecule has 1 unspecified atom stereocenters. The Labute approximate surface area is 94.6 Å². The molecule has 0 aromatic heterocycles. The molecule has 0 spiro atoms. The van der Waals surface area contributed by atoms with E-state index in [1.807, 2.05) is 0 Å². The third-order valence-corrected chi connectivity index (χ3v) is 3.73. The lowest BCUT2D eigenvalue weighted by Gasteiger charge is -2.23. The average molecular weight is 210 g/mol. The van der Waals surface area contributed by atoms with Crippen LogP contribution in [0.4, 0.5) is 0 Å². The van der Waals surface area contributed by atoms with Crippen molar-refractivity contribution < 1.29 is 4.79 Å². The molecule has 1 aliphatic rings.